The molecule has 0 fully saturated rings. The first-order valence-electron chi connectivity index (χ1n) is 4.91. The molecule has 0 heterocycles. The Bertz CT molecular complexity index is 334. The van der Waals surface area contributed by atoms with Gasteiger partial charge in [-0.1, -0.05) is 30.3 Å². The number of esters is 1. The Morgan fingerprint density at radius 1 is 1.25 bits per heavy atom. The van der Waals surface area contributed by atoms with Crippen molar-refractivity contribution in [1.29, 1.82) is 0 Å². The predicted molar refractivity (Wildman–Crippen MR) is 71.9 cm³/mol. The third kappa shape index (κ3) is 2.95. The van der Waals surface area contributed by atoms with Crippen LogP contribution in [0, 0.1) is 0 Å². The fourth-order valence-electron chi connectivity index (χ4n) is 1.49. The summed E-state index contributed by atoms with van der Waals surface area (Å²) in [6.07, 6.45) is 4.57. The smallest absolute Gasteiger partial charge is 0.332 e. The zero-order chi connectivity index (χ0) is 12.0. The van der Waals surface area contributed by atoms with Crippen molar-refractivity contribution in [2.75, 3.05) is 19.6 Å². The van der Waals surface area contributed by atoms with E-state index in [-0.39, 0.29) is 5.97 Å². The average Bonchev–Trinajstić information content (AvgIpc) is 2.36. The van der Waals surface area contributed by atoms with Gasteiger partial charge in [0.05, 0.1) is 7.11 Å². The first-order valence-corrected chi connectivity index (χ1v) is 7.36. The molecule has 88 valence electrons. The van der Waals surface area contributed by atoms with Crippen LogP contribution in [0.25, 0.3) is 0 Å². The number of thioether (sulfide) groups is 2. The van der Waals surface area contributed by atoms with Gasteiger partial charge in [-0.2, -0.15) is 0 Å². The van der Waals surface area contributed by atoms with Gasteiger partial charge in [0.15, 0.2) is 4.08 Å². The second kappa shape index (κ2) is 6.21. The van der Waals surface area contributed by atoms with E-state index in [1.807, 2.05) is 42.8 Å². The van der Waals surface area contributed by atoms with Gasteiger partial charge in [0.25, 0.3) is 0 Å². The highest BCUT2D eigenvalue weighted by molar-refractivity contribution is 8.18. The zero-order valence-corrected chi connectivity index (χ0v) is 11.4. The lowest BCUT2D eigenvalue weighted by Crippen LogP contribution is -2.34. The molecule has 0 aliphatic rings. The molecule has 0 atom stereocenters. The van der Waals surface area contributed by atoms with Crippen LogP contribution in [0.2, 0.25) is 0 Å². The van der Waals surface area contributed by atoms with Crippen LogP contribution in [-0.4, -0.2) is 29.7 Å². The quantitative estimate of drug-likeness (QED) is 0.598. The van der Waals surface area contributed by atoms with Crippen molar-refractivity contribution in [2.24, 2.45) is 0 Å². The van der Waals surface area contributed by atoms with Crippen LogP contribution in [0.1, 0.15) is 5.56 Å². The second-order valence-electron chi connectivity index (χ2n) is 3.32. The molecule has 0 aliphatic heterocycles. The minimum Gasteiger partial charge on any atom is -0.467 e. The molecule has 1 rings (SSSR count). The maximum absolute atomic E-state index is 11.8. The summed E-state index contributed by atoms with van der Waals surface area (Å²) in [6, 6.07) is 10.0. The summed E-state index contributed by atoms with van der Waals surface area (Å²) in [5, 5.41) is 0. The largest absolute Gasteiger partial charge is 0.467 e. The van der Waals surface area contributed by atoms with Gasteiger partial charge in [0.2, 0.25) is 0 Å². The van der Waals surface area contributed by atoms with Crippen LogP contribution in [-0.2, 0) is 16.0 Å². The number of rotatable bonds is 5. The molecule has 0 aliphatic carbocycles. The van der Waals surface area contributed by atoms with Crippen molar-refractivity contribution in [3.8, 4) is 0 Å². The van der Waals surface area contributed by atoms with E-state index in [4.69, 9.17) is 4.74 Å². The Morgan fingerprint density at radius 3 is 2.25 bits per heavy atom. The van der Waals surface area contributed by atoms with Crippen LogP contribution in [0.3, 0.4) is 0 Å². The number of benzene rings is 1. The topological polar surface area (TPSA) is 26.3 Å². The summed E-state index contributed by atoms with van der Waals surface area (Å²) in [7, 11) is 1.44. The molecule has 0 saturated carbocycles. The Hall–Kier alpha value is -0.610. The van der Waals surface area contributed by atoms with Crippen LogP contribution < -0.4 is 0 Å². The van der Waals surface area contributed by atoms with E-state index in [0.717, 1.165) is 5.56 Å². The molecule has 0 aromatic heterocycles. The Labute approximate surface area is 105 Å². The Balaban J connectivity index is 2.91. The highest BCUT2D eigenvalue weighted by Crippen LogP contribution is 2.38. The number of carbonyl (C=O) groups excluding carboxylic acids is 1. The summed E-state index contributed by atoms with van der Waals surface area (Å²) in [5.41, 5.74) is 1.15. The third-order valence-corrected chi connectivity index (χ3v) is 5.38. The highest BCUT2D eigenvalue weighted by atomic mass is 32.2. The standard InChI is InChI=1S/C12H16O2S2/c1-14-11(13)12(15-2,16-3)9-10-7-5-4-6-8-10/h4-8H,9H2,1-3H3. The molecule has 0 N–H and O–H groups in total. The molecule has 1 aromatic carbocycles. The van der Waals surface area contributed by atoms with E-state index in [1.165, 1.54) is 30.6 Å². The SMILES string of the molecule is COC(=O)C(Cc1ccccc1)(SC)SC. The molecule has 1 aromatic rings. The maximum Gasteiger partial charge on any atom is 0.332 e. The molecule has 0 spiro atoms. The van der Waals surface area contributed by atoms with Crippen LogP contribution >= 0.6 is 23.5 Å². The normalized spacial score (nSPS) is 11.2. The molecule has 0 unspecified atom stereocenters. The summed E-state index contributed by atoms with van der Waals surface area (Å²) >= 11 is 3.07. The van der Waals surface area contributed by atoms with E-state index in [9.17, 15) is 4.79 Å². The van der Waals surface area contributed by atoms with Gasteiger partial charge in [-0.25, -0.2) is 4.79 Å². The highest BCUT2D eigenvalue weighted by Gasteiger charge is 2.38. The first-order chi connectivity index (χ1) is 7.68. The van der Waals surface area contributed by atoms with E-state index in [0.29, 0.717) is 6.42 Å². The summed E-state index contributed by atoms with van der Waals surface area (Å²) in [5.74, 6) is -0.170. The number of carbonyl (C=O) groups is 1. The Kier molecular flexibility index (Phi) is 5.22. The number of hydrogen-bond donors (Lipinski definition) is 0. The summed E-state index contributed by atoms with van der Waals surface area (Å²) < 4.78 is 4.36. The maximum atomic E-state index is 11.8. The van der Waals surface area contributed by atoms with Crippen LogP contribution in [0.5, 0.6) is 0 Å². The van der Waals surface area contributed by atoms with Crippen molar-refractivity contribution < 1.29 is 9.53 Å². The van der Waals surface area contributed by atoms with Crippen LogP contribution in [0.15, 0.2) is 30.3 Å². The Morgan fingerprint density at radius 2 is 1.81 bits per heavy atom. The average molecular weight is 256 g/mol. The summed E-state index contributed by atoms with van der Waals surface area (Å²) in [4.78, 5) is 11.8. The van der Waals surface area contributed by atoms with E-state index < -0.39 is 4.08 Å². The fourth-order valence-corrected chi connectivity index (χ4v) is 3.28. The second-order valence-corrected chi connectivity index (χ2v) is 5.78. The van der Waals surface area contributed by atoms with Crippen molar-refractivity contribution in [1.82, 2.24) is 0 Å². The van der Waals surface area contributed by atoms with Gasteiger partial charge in [-0.05, 0) is 18.1 Å². The van der Waals surface area contributed by atoms with E-state index >= 15 is 0 Å². The minimum atomic E-state index is -0.532. The molecular formula is C12H16O2S2. The number of hydrogen-bond acceptors (Lipinski definition) is 4. The zero-order valence-electron chi connectivity index (χ0n) is 9.73. The van der Waals surface area contributed by atoms with Crippen molar-refractivity contribution in [3.63, 3.8) is 0 Å². The van der Waals surface area contributed by atoms with Crippen molar-refractivity contribution >= 4 is 29.5 Å². The first kappa shape index (κ1) is 13.5. The molecular weight excluding hydrogens is 240 g/mol. The van der Waals surface area contributed by atoms with Crippen LogP contribution in [0.4, 0.5) is 0 Å². The number of methoxy groups -OCH3 is 1. The molecule has 0 amide bonds. The number of ether oxygens (including phenoxy) is 1. The van der Waals surface area contributed by atoms with Crippen molar-refractivity contribution in [2.45, 2.75) is 10.5 Å². The molecule has 2 nitrogen and oxygen atoms in total. The molecule has 4 heteroatoms. The molecule has 16 heavy (non-hydrogen) atoms. The lowest BCUT2D eigenvalue weighted by molar-refractivity contribution is -0.140. The van der Waals surface area contributed by atoms with E-state index in [1.54, 1.807) is 0 Å². The third-order valence-electron chi connectivity index (χ3n) is 2.44. The lowest BCUT2D eigenvalue weighted by Gasteiger charge is -2.27. The molecule has 0 radical (unpaired) electrons. The van der Waals surface area contributed by atoms with E-state index in [2.05, 4.69) is 0 Å². The van der Waals surface area contributed by atoms with Gasteiger partial charge in [-0.15, -0.1) is 23.5 Å². The summed E-state index contributed by atoms with van der Waals surface area (Å²) in [6.45, 7) is 0. The molecule has 0 bridgehead atoms. The lowest BCUT2D eigenvalue weighted by atomic mass is 10.1. The van der Waals surface area contributed by atoms with Gasteiger partial charge >= 0.3 is 5.97 Å². The van der Waals surface area contributed by atoms with Gasteiger partial charge in [0, 0.05) is 6.42 Å². The van der Waals surface area contributed by atoms with Gasteiger partial charge in [0.1, 0.15) is 0 Å². The van der Waals surface area contributed by atoms with Crippen molar-refractivity contribution in [3.05, 3.63) is 35.9 Å². The van der Waals surface area contributed by atoms with Gasteiger partial charge in [-0.3, -0.25) is 0 Å². The monoisotopic (exact) mass is 256 g/mol. The minimum absolute atomic E-state index is 0.170. The molecule has 0 saturated heterocycles. The van der Waals surface area contributed by atoms with Gasteiger partial charge < -0.3 is 4.74 Å². The predicted octanol–water partition coefficient (Wildman–Crippen LogP) is 2.82. The fraction of sp³-hybridized carbons (Fsp3) is 0.417.